The molecular weight excluding hydrogens is 148 g/mol. The monoisotopic (exact) mass is 166 g/mol. The van der Waals surface area contributed by atoms with Crippen LogP contribution in [0, 0.1) is 5.92 Å². The molecular formula is C11H18O. The van der Waals surface area contributed by atoms with Gasteiger partial charge in [-0.1, -0.05) is 19.6 Å². The quantitative estimate of drug-likeness (QED) is 0.419. The molecule has 1 nitrogen and oxygen atoms in total. The van der Waals surface area contributed by atoms with Crippen LogP contribution in [0.4, 0.5) is 0 Å². The van der Waals surface area contributed by atoms with E-state index in [0.29, 0.717) is 12.3 Å². The molecule has 0 bridgehead atoms. The molecule has 1 heteroatoms. The number of allylic oxidation sites excluding steroid dienone is 2. The van der Waals surface area contributed by atoms with E-state index in [0.717, 1.165) is 19.3 Å². The van der Waals surface area contributed by atoms with Crippen molar-refractivity contribution in [2.45, 2.75) is 32.6 Å². The summed E-state index contributed by atoms with van der Waals surface area (Å²) in [5.41, 5.74) is 0. The van der Waals surface area contributed by atoms with Crippen LogP contribution in [-0.4, -0.2) is 5.78 Å². The van der Waals surface area contributed by atoms with E-state index in [9.17, 15) is 4.79 Å². The number of hydrogen-bond donors (Lipinski definition) is 0. The van der Waals surface area contributed by atoms with Gasteiger partial charge in [0.1, 0.15) is 0 Å². The maximum atomic E-state index is 10.8. The average molecular weight is 166 g/mol. The van der Waals surface area contributed by atoms with Gasteiger partial charge in [0.2, 0.25) is 0 Å². The number of ketones is 1. The minimum absolute atomic E-state index is 0.147. The molecule has 0 aromatic heterocycles. The Morgan fingerprint density at radius 1 is 1.50 bits per heavy atom. The van der Waals surface area contributed by atoms with E-state index in [1.54, 1.807) is 0 Å². The van der Waals surface area contributed by atoms with E-state index in [4.69, 9.17) is 0 Å². The fourth-order valence-electron chi connectivity index (χ4n) is 1.13. The van der Waals surface area contributed by atoms with Crippen molar-refractivity contribution < 1.29 is 4.79 Å². The van der Waals surface area contributed by atoms with Crippen LogP contribution in [0.1, 0.15) is 32.6 Å². The zero-order chi connectivity index (χ0) is 9.40. The van der Waals surface area contributed by atoms with Crippen LogP contribution in [0.2, 0.25) is 0 Å². The van der Waals surface area contributed by atoms with Gasteiger partial charge in [-0.2, -0.15) is 0 Å². The van der Waals surface area contributed by atoms with Crippen molar-refractivity contribution in [1.82, 2.24) is 0 Å². The molecule has 0 saturated carbocycles. The van der Waals surface area contributed by atoms with Crippen molar-refractivity contribution in [3.05, 3.63) is 25.3 Å². The average Bonchev–Trinajstić information content (AvgIpc) is 2.12. The van der Waals surface area contributed by atoms with Crippen LogP contribution in [-0.2, 0) is 4.79 Å². The largest absolute Gasteiger partial charge is 0.295 e. The first-order chi connectivity index (χ1) is 5.74. The summed E-state index contributed by atoms with van der Waals surface area (Å²) >= 11 is 0. The van der Waals surface area contributed by atoms with E-state index in [1.807, 2.05) is 6.08 Å². The lowest BCUT2D eigenvalue weighted by atomic mass is 9.99. The molecule has 0 amide bonds. The number of hydrogen-bond acceptors (Lipinski definition) is 1. The van der Waals surface area contributed by atoms with Crippen molar-refractivity contribution in [2.24, 2.45) is 5.92 Å². The molecule has 0 fully saturated rings. The molecule has 0 aromatic rings. The Balaban J connectivity index is 3.47. The summed E-state index contributed by atoms with van der Waals surface area (Å²) in [6.45, 7) is 9.31. The van der Waals surface area contributed by atoms with Gasteiger partial charge in [-0.3, -0.25) is 4.79 Å². The SMILES string of the molecule is C=CC(=O)CCC[C@H](C=C)CC. The van der Waals surface area contributed by atoms with Crippen LogP contribution in [0.15, 0.2) is 25.3 Å². The Morgan fingerprint density at radius 2 is 2.17 bits per heavy atom. The molecule has 0 radical (unpaired) electrons. The fourth-order valence-corrected chi connectivity index (χ4v) is 1.13. The minimum Gasteiger partial charge on any atom is -0.295 e. The Hall–Kier alpha value is -0.850. The fraction of sp³-hybridized carbons (Fsp3) is 0.545. The van der Waals surface area contributed by atoms with Gasteiger partial charge in [0, 0.05) is 6.42 Å². The van der Waals surface area contributed by atoms with Crippen molar-refractivity contribution in [3.63, 3.8) is 0 Å². The van der Waals surface area contributed by atoms with Crippen molar-refractivity contribution in [1.29, 1.82) is 0 Å². The van der Waals surface area contributed by atoms with E-state index in [1.165, 1.54) is 6.08 Å². The lowest BCUT2D eigenvalue weighted by Crippen LogP contribution is -1.97. The molecule has 0 heterocycles. The molecule has 0 rings (SSSR count). The first kappa shape index (κ1) is 11.2. The van der Waals surface area contributed by atoms with Gasteiger partial charge in [0.25, 0.3) is 0 Å². The lowest BCUT2D eigenvalue weighted by Gasteiger charge is -2.07. The maximum absolute atomic E-state index is 10.8. The third-order valence-electron chi connectivity index (χ3n) is 2.08. The molecule has 0 saturated heterocycles. The summed E-state index contributed by atoms with van der Waals surface area (Å²) in [6, 6.07) is 0. The molecule has 12 heavy (non-hydrogen) atoms. The zero-order valence-corrected chi connectivity index (χ0v) is 7.88. The predicted octanol–water partition coefficient (Wildman–Crippen LogP) is 3.12. The second-order valence-corrected chi connectivity index (χ2v) is 2.97. The molecule has 1 atom stereocenters. The zero-order valence-electron chi connectivity index (χ0n) is 7.88. The third kappa shape index (κ3) is 4.89. The number of carbonyl (C=O) groups is 1. The predicted molar refractivity (Wildman–Crippen MR) is 53.0 cm³/mol. The van der Waals surface area contributed by atoms with Crippen LogP contribution in [0.25, 0.3) is 0 Å². The van der Waals surface area contributed by atoms with Gasteiger partial charge < -0.3 is 0 Å². The summed E-state index contributed by atoms with van der Waals surface area (Å²) in [7, 11) is 0. The highest BCUT2D eigenvalue weighted by molar-refractivity contribution is 5.88. The van der Waals surface area contributed by atoms with Crippen LogP contribution >= 0.6 is 0 Å². The summed E-state index contributed by atoms with van der Waals surface area (Å²) in [6.07, 6.45) is 7.14. The summed E-state index contributed by atoms with van der Waals surface area (Å²) in [4.78, 5) is 10.8. The standard InChI is InChI=1S/C11H18O/c1-4-10(5-2)8-7-9-11(12)6-3/h4,6,10H,1,3,5,7-9H2,2H3/t10-/m1/s1. The molecule has 0 aromatic carbocycles. The van der Waals surface area contributed by atoms with Crippen molar-refractivity contribution in [2.75, 3.05) is 0 Å². The topological polar surface area (TPSA) is 17.1 Å². The maximum Gasteiger partial charge on any atom is 0.155 e. The smallest absolute Gasteiger partial charge is 0.155 e. The Morgan fingerprint density at radius 3 is 2.58 bits per heavy atom. The number of carbonyl (C=O) groups excluding carboxylic acids is 1. The van der Waals surface area contributed by atoms with E-state index in [-0.39, 0.29) is 5.78 Å². The first-order valence-corrected chi connectivity index (χ1v) is 4.52. The molecule has 0 aliphatic rings. The van der Waals surface area contributed by atoms with Crippen LogP contribution in [0.3, 0.4) is 0 Å². The van der Waals surface area contributed by atoms with Gasteiger partial charge in [-0.15, -0.1) is 6.58 Å². The summed E-state index contributed by atoms with van der Waals surface area (Å²) in [5.74, 6) is 0.719. The van der Waals surface area contributed by atoms with Gasteiger partial charge in [0.15, 0.2) is 5.78 Å². The van der Waals surface area contributed by atoms with Gasteiger partial charge in [-0.05, 0) is 31.3 Å². The molecule has 68 valence electrons. The number of rotatable bonds is 7. The Kier molecular flexibility index (Phi) is 6.35. The van der Waals surface area contributed by atoms with E-state index in [2.05, 4.69) is 20.1 Å². The minimum atomic E-state index is 0.147. The summed E-state index contributed by atoms with van der Waals surface area (Å²) in [5, 5.41) is 0. The highest BCUT2D eigenvalue weighted by Gasteiger charge is 2.01. The lowest BCUT2D eigenvalue weighted by molar-refractivity contribution is -0.114. The second-order valence-electron chi connectivity index (χ2n) is 2.97. The molecule has 0 spiro atoms. The summed E-state index contributed by atoms with van der Waals surface area (Å²) < 4.78 is 0. The van der Waals surface area contributed by atoms with Gasteiger partial charge in [0.05, 0.1) is 0 Å². The van der Waals surface area contributed by atoms with Crippen LogP contribution in [0.5, 0.6) is 0 Å². The third-order valence-corrected chi connectivity index (χ3v) is 2.08. The highest BCUT2D eigenvalue weighted by atomic mass is 16.1. The van der Waals surface area contributed by atoms with Crippen molar-refractivity contribution >= 4 is 5.78 Å². The molecule has 0 unspecified atom stereocenters. The van der Waals surface area contributed by atoms with Gasteiger partial charge >= 0.3 is 0 Å². The Bertz CT molecular complexity index is 158. The van der Waals surface area contributed by atoms with Gasteiger partial charge in [-0.25, -0.2) is 0 Å². The van der Waals surface area contributed by atoms with Crippen LogP contribution < -0.4 is 0 Å². The van der Waals surface area contributed by atoms with Crippen molar-refractivity contribution in [3.8, 4) is 0 Å². The molecule has 0 aliphatic carbocycles. The molecule has 0 N–H and O–H groups in total. The highest BCUT2D eigenvalue weighted by Crippen LogP contribution is 2.13. The molecule has 0 aliphatic heterocycles. The van der Waals surface area contributed by atoms with E-state index >= 15 is 0 Å². The first-order valence-electron chi connectivity index (χ1n) is 4.52. The second kappa shape index (κ2) is 6.84. The van der Waals surface area contributed by atoms with E-state index < -0.39 is 0 Å². The normalized spacial score (nSPS) is 12.1. The Labute approximate surface area is 75.2 Å².